The number of carbonyl (C=O) groups is 1. The molecule has 0 bridgehead atoms. The first-order valence-corrected chi connectivity index (χ1v) is 13.4. The number of nitrogens with one attached hydrogen (secondary N) is 2. The van der Waals surface area contributed by atoms with Crippen LogP contribution in [0, 0.1) is 12.7 Å². The van der Waals surface area contributed by atoms with Crippen LogP contribution < -0.4 is 15.5 Å². The fourth-order valence-corrected chi connectivity index (χ4v) is 5.84. The average molecular weight is 547 g/mol. The number of sulfonamides is 1. The molecule has 4 rings (SSSR count). The zero-order valence-electron chi connectivity index (χ0n) is 19.4. The molecule has 3 aromatic carbocycles. The molecule has 36 heavy (non-hydrogen) atoms. The molecule has 0 aliphatic carbocycles. The molecular weight excluding hydrogens is 523 g/mol. The molecule has 1 heterocycles. The highest BCUT2D eigenvalue weighted by molar-refractivity contribution is 7.89. The van der Waals surface area contributed by atoms with Crippen molar-refractivity contribution in [1.82, 2.24) is 9.62 Å². The Labute approximate surface area is 219 Å². The number of aryl methyl sites for hydroxylation is 1. The highest BCUT2D eigenvalue weighted by Gasteiger charge is 2.30. The first kappa shape index (κ1) is 26.0. The van der Waals surface area contributed by atoms with Crippen molar-refractivity contribution in [2.75, 3.05) is 36.4 Å². The molecule has 0 radical (unpaired) electrons. The highest BCUT2D eigenvalue weighted by Crippen LogP contribution is 2.35. The molecule has 188 valence electrons. The molecule has 1 aliphatic heterocycles. The van der Waals surface area contributed by atoms with Gasteiger partial charge < -0.3 is 10.2 Å². The molecule has 11 heteroatoms. The van der Waals surface area contributed by atoms with E-state index < -0.39 is 21.7 Å². The third kappa shape index (κ3) is 5.67. The lowest BCUT2D eigenvalue weighted by Crippen LogP contribution is -2.49. The number of halogens is 2. The van der Waals surface area contributed by atoms with E-state index in [0.717, 1.165) is 5.56 Å². The van der Waals surface area contributed by atoms with Crippen molar-refractivity contribution >= 4 is 56.2 Å². The predicted octanol–water partition coefficient (Wildman–Crippen LogP) is 4.43. The number of benzene rings is 3. The van der Waals surface area contributed by atoms with Gasteiger partial charge in [0.1, 0.15) is 5.82 Å². The van der Waals surface area contributed by atoms with Crippen LogP contribution in [0.15, 0.2) is 71.6 Å². The Kier molecular flexibility index (Phi) is 7.89. The number of piperazine rings is 1. The number of hydrogen-bond donors (Lipinski definition) is 2. The Morgan fingerprint density at radius 1 is 0.972 bits per heavy atom. The van der Waals surface area contributed by atoms with Gasteiger partial charge in [-0.1, -0.05) is 47.5 Å². The number of anilines is 2. The van der Waals surface area contributed by atoms with Crippen molar-refractivity contribution in [3.05, 3.63) is 88.7 Å². The van der Waals surface area contributed by atoms with Crippen molar-refractivity contribution in [3.63, 3.8) is 0 Å². The van der Waals surface area contributed by atoms with Crippen molar-refractivity contribution in [3.8, 4) is 0 Å². The number of thiocarbonyl (C=S) groups is 1. The Balaban J connectivity index is 1.46. The molecule has 0 spiro atoms. The monoisotopic (exact) mass is 546 g/mol. The lowest BCUT2D eigenvalue weighted by molar-refractivity contribution is 0.0974. The fourth-order valence-electron chi connectivity index (χ4n) is 3.92. The quantitative estimate of drug-likeness (QED) is 0.461. The minimum absolute atomic E-state index is 0.0210. The van der Waals surface area contributed by atoms with Crippen LogP contribution in [0.25, 0.3) is 0 Å². The van der Waals surface area contributed by atoms with Gasteiger partial charge in [-0.2, -0.15) is 4.31 Å². The Morgan fingerprint density at radius 3 is 2.31 bits per heavy atom. The fraction of sp³-hybridized carbons (Fsp3) is 0.200. The minimum Gasteiger partial charge on any atom is -0.366 e. The Morgan fingerprint density at radius 2 is 1.64 bits per heavy atom. The van der Waals surface area contributed by atoms with E-state index in [1.165, 1.54) is 22.5 Å². The molecular formula is C25H24ClFN4O3S2. The molecule has 1 amide bonds. The summed E-state index contributed by atoms with van der Waals surface area (Å²) in [5.41, 5.74) is 2.03. The second-order valence-electron chi connectivity index (χ2n) is 8.23. The van der Waals surface area contributed by atoms with E-state index in [0.29, 0.717) is 29.5 Å². The summed E-state index contributed by atoms with van der Waals surface area (Å²) in [6, 6.07) is 17.6. The van der Waals surface area contributed by atoms with E-state index >= 15 is 0 Å². The van der Waals surface area contributed by atoms with Gasteiger partial charge in [-0.3, -0.25) is 10.1 Å². The number of amides is 1. The topological polar surface area (TPSA) is 81.8 Å². The maximum absolute atomic E-state index is 13.9. The summed E-state index contributed by atoms with van der Waals surface area (Å²) in [5, 5.41) is 5.86. The summed E-state index contributed by atoms with van der Waals surface area (Å²) in [6.45, 7) is 3.25. The predicted molar refractivity (Wildman–Crippen MR) is 144 cm³/mol. The van der Waals surface area contributed by atoms with Gasteiger partial charge in [0.05, 0.1) is 26.9 Å². The first-order valence-electron chi connectivity index (χ1n) is 11.1. The second kappa shape index (κ2) is 10.9. The summed E-state index contributed by atoms with van der Waals surface area (Å²) in [7, 11) is -3.61. The van der Waals surface area contributed by atoms with Gasteiger partial charge >= 0.3 is 0 Å². The van der Waals surface area contributed by atoms with Crippen molar-refractivity contribution in [2.45, 2.75) is 11.8 Å². The standard InChI is InChI=1S/C25H24ClFN4O3S2/c1-17-9-11-18(12-10-17)36(33,34)31-15-13-30(14-16-31)23-20(26)6-4-8-22(23)28-25(35)29-24(32)19-5-2-3-7-21(19)27/h2-12H,13-16H2,1H3,(H2,28,29,32,35). The molecule has 0 aromatic heterocycles. The van der Waals surface area contributed by atoms with Crippen molar-refractivity contribution < 1.29 is 17.6 Å². The summed E-state index contributed by atoms with van der Waals surface area (Å²) in [5.74, 6) is -1.33. The Hall–Kier alpha value is -3.05. The second-order valence-corrected chi connectivity index (χ2v) is 11.0. The number of nitrogens with zero attached hydrogens (tertiary/aromatic N) is 2. The van der Waals surface area contributed by atoms with E-state index in [1.54, 1.807) is 48.5 Å². The van der Waals surface area contributed by atoms with E-state index in [1.807, 2.05) is 11.8 Å². The van der Waals surface area contributed by atoms with Crippen molar-refractivity contribution in [2.24, 2.45) is 0 Å². The molecule has 7 nitrogen and oxygen atoms in total. The maximum Gasteiger partial charge on any atom is 0.260 e. The molecule has 0 unspecified atom stereocenters. The van der Waals surface area contributed by atoms with Crippen LogP contribution in [0.3, 0.4) is 0 Å². The number of carbonyl (C=O) groups excluding carboxylic acids is 1. The highest BCUT2D eigenvalue weighted by atomic mass is 35.5. The average Bonchev–Trinajstić information content (AvgIpc) is 2.85. The maximum atomic E-state index is 13.9. The zero-order chi connectivity index (χ0) is 25.9. The molecule has 0 saturated carbocycles. The van der Waals surface area contributed by atoms with Gasteiger partial charge in [0.2, 0.25) is 10.0 Å². The van der Waals surface area contributed by atoms with Crippen LogP contribution in [-0.4, -0.2) is 49.9 Å². The van der Waals surface area contributed by atoms with Gasteiger partial charge in [-0.25, -0.2) is 12.8 Å². The summed E-state index contributed by atoms with van der Waals surface area (Å²) in [6.07, 6.45) is 0. The smallest absolute Gasteiger partial charge is 0.260 e. The number of para-hydroxylation sites is 1. The van der Waals surface area contributed by atoms with Gasteiger partial charge in [0.25, 0.3) is 5.91 Å². The molecule has 3 aromatic rings. The van der Waals surface area contributed by atoms with Crippen LogP contribution in [0.2, 0.25) is 5.02 Å². The van der Waals surface area contributed by atoms with Crippen LogP contribution in [0.5, 0.6) is 0 Å². The largest absolute Gasteiger partial charge is 0.366 e. The van der Waals surface area contributed by atoms with Gasteiger partial charge in [0.15, 0.2) is 5.11 Å². The lowest BCUT2D eigenvalue weighted by Gasteiger charge is -2.36. The van der Waals surface area contributed by atoms with Crippen LogP contribution in [-0.2, 0) is 10.0 Å². The van der Waals surface area contributed by atoms with E-state index in [2.05, 4.69) is 10.6 Å². The third-order valence-corrected chi connectivity index (χ3v) is 8.22. The first-order chi connectivity index (χ1) is 17.2. The molecule has 1 aliphatic rings. The van der Waals surface area contributed by atoms with E-state index in [9.17, 15) is 17.6 Å². The van der Waals surface area contributed by atoms with Crippen LogP contribution in [0.4, 0.5) is 15.8 Å². The van der Waals surface area contributed by atoms with Crippen LogP contribution in [0.1, 0.15) is 15.9 Å². The summed E-state index contributed by atoms with van der Waals surface area (Å²) >= 11 is 11.8. The minimum atomic E-state index is -3.61. The van der Waals surface area contributed by atoms with Gasteiger partial charge in [0, 0.05) is 26.2 Å². The van der Waals surface area contributed by atoms with Gasteiger partial charge in [-0.05, 0) is 55.5 Å². The van der Waals surface area contributed by atoms with E-state index in [4.69, 9.17) is 23.8 Å². The Bertz CT molecular complexity index is 1390. The summed E-state index contributed by atoms with van der Waals surface area (Å²) in [4.78, 5) is 14.6. The van der Waals surface area contributed by atoms with Crippen LogP contribution >= 0.6 is 23.8 Å². The molecule has 2 N–H and O–H groups in total. The van der Waals surface area contributed by atoms with Gasteiger partial charge in [-0.15, -0.1) is 0 Å². The molecule has 1 saturated heterocycles. The molecule has 1 fully saturated rings. The normalized spacial score (nSPS) is 14.4. The van der Waals surface area contributed by atoms with Crippen molar-refractivity contribution in [1.29, 1.82) is 0 Å². The number of hydrogen-bond acceptors (Lipinski definition) is 5. The summed E-state index contributed by atoms with van der Waals surface area (Å²) < 4.78 is 41.5. The van der Waals surface area contributed by atoms with E-state index in [-0.39, 0.29) is 28.7 Å². The zero-order valence-corrected chi connectivity index (χ0v) is 21.8. The SMILES string of the molecule is Cc1ccc(S(=O)(=O)N2CCN(c3c(Cl)cccc3NC(=S)NC(=O)c3ccccc3F)CC2)cc1. The lowest BCUT2D eigenvalue weighted by atomic mass is 10.2. The number of rotatable bonds is 5. The third-order valence-electron chi connectivity index (χ3n) is 5.79. The molecule has 0 atom stereocenters.